The summed E-state index contributed by atoms with van der Waals surface area (Å²) in [5, 5.41) is 4.63. The average molecular weight is 746 g/mol. The third kappa shape index (κ3) is 5.86. The molecule has 6 nitrogen and oxygen atoms in total. The Bertz CT molecular complexity index is 2010. The lowest BCUT2D eigenvalue weighted by atomic mass is 10.00. The van der Waals surface area contributed by atoms with Crippen molar-refractivity contribution >= 4 is 94.4 Å². The van der Waals surface area contributed by atoms with E-state index >= 15 is 0 Å². The number of benzene rings is 3. The van der Waals surface area contributed by atoms with Crippen LogP contribution >= 0.6 is 62.6 Å². The number of hydrogen-bond acceptors (Lipinski definition) is 8. The van der Waals surface area contributed by atoms with E-state index in [0.29, 0.717) is 25.5 Å². The molecular formula is C35H25BrN2O4S4. The van der Waals surface area contributed by atoms with Gasteiger partial charge in [-0.25, -0.2) is 0 Å². The molecule has 1 saturated heterocycles. The maximum Gasteiger partial charge on any atom is 0.253 e. The normalized spacial score (nSPS) is 17.5. The Morgan fingerprint density at radius 2 is 1.59 bits per heavy atom. The Labute approximate surface area is 291 Å². The summed E-state index contributed by atoms with van der Waals surface area (Å²) >= 11 is 14.1. The summed E-state index contributed by atoms with van der Waals surface area (Å²) in [5.74, 6) is -0.0331. The quantitative estimate of drug-likeness (QED) is 0.131. The van der Waals surface area contributed by atoms with Crippen LogP contribution in [0.4, 0.5) is 0 Å². The molecule has 4 heterocycles. The van der Waals surface area contributed by atoms with Crippen molar-refractivity contribution in [3.63, 3.8) is 0 Å². The number of halogens is 1. The number of thiophene rings is 1. The zero-order valence-electron chi connectivity index (χ0n) is 24.1. The van der Waals surface area contributed by atoms with Gasteiger partial charge >= 0.3 is 0 Å². The fourth-order valence-electron chi connectivity index (χ4n) is 5.63. The summed E-state index contributed by atoms with van der Waals surface area (Å²) in [7, 11) is 0. The zero-order valence-corrected chi connectivity index (χ0v) is 28.9. The van der Waals surface area contributed by atoms with Crippen LogP contribution in [0.2, 0.25) is 0 Å². The molecule has 1 N–H and O–H groups in total. The van der Waals surface area contributed by atoms with Gasteiger partial charge in [0.1, 0.15) is 23.2 Å². The van der Waals surface area contributed by atoms with E-state index in [2.05, 4.69) is 21.2 Å². The Kier molecular flexibility index (Phi) is 8.93. The number of carbonyl (C=O) groups is 2. The van der Waals surface area contributed by atoms with E-state index in [4.69, 9.17) is 17.0 Å². The Morgan fingerprint density at radius 1 is 0.957 bits per heavy atom. The topological polar surface area (TPSA) is 75.7 Å². The van der Waals surface area contributed by atoms with Gasteiger partial charge in [0.05, 0.1) is 20.5 Å². The molecule has 11 heteroatoms. The molecule has 0 spiro atoms. The van der Waals surface area contributed by atoms with Crippen LogP contribution in [0.5, 0.6) is 0 Å². The fraction of sp³-hybridized carbons (Fsp3) is 0.143. The largest absolute Gasteiger partial charge is 0.469 e. The number of thioether (sulfide) groups is 1. The SMILES string of the molecule is O=C(Cc1ccccc1)NC1C(=O)N2C(C(=S)OC(c3ccccc3)c3ccccc3)=C(c3sc4ccsc4c(=O)c3Br)CS[C@H]12. The third-order valence-electron chi connectivity index (χ3n) is 7.84. The van der Waals surface area contributed by atoms with Gasteiger partial charge < -0.3 is 10.1 Å². The van der Waals surface area contributed by atoms with Gasteiger partial charge in [0.25, 0.3) is 5.91 Å². The average Bonchev–Trinajstić information content (AvgIpc) is 3.57. The standard InChI is InChI=1S/C35H25BrN2O4S4/c36-26-29(40)32-24(16-17-44-32)46-31(26)23-19-45-34-27(37-25(39)18-20-10-4-1-5-11-20)33(41)38(34)28(23)35(43)42-30(21-12-6-2-7-13-21)22-14-8-3-9-15-22/h1-17,27,30,34H,18-19H2,(H,37,39)/t27?,34-/m1/s1. The highest BCUT2D eigenvalue weighted by atomic mass is 79.9. The van der Waals surface area contributed by atoms with E-state index < -0.39 is 12.1 Å². The summed E-state index contributed by atoms with van der Waals surface area (Å²) in [6.07, 6.45) is -0.356. The number of amides is 2. The number of hydrogen-bond donors (Lipinski definition) is 1. The van der Waals surface area contributed by atoms with Gasteiger partial charge in [0.15, 0.2) is 0 Å². The molecule has 0 bridgehead atoms. The molecule has 2 atom stereocenters. The molecule has 2 aliphatic rings. The third-order valence-corrected chi connectivity index (χ3v) is 12.7. The molecule has 5 aromatic rings. The second-order valence-corrected chi connectivity index (χ2v) is 15.0. The van der Waals surface area contributed by atoms with E-state index in [1.807, 2.05) is 102 Å². The number of nitrogens with zero attached hydrogens (tertiary/aromatic N) is 1. The summed E-state index contributed by atoms with van der Waals surface area (Å²) < 4.78 is 8.63. The monoisotopic (exact) mass is 744 g/mol. The van der Waals surface area contributed by atoms with Gasteiger partial charge in [-0.3, -0.25) is 19.3 Å². The first-order valence-electron chi connectivity index (χ1n) is 14.4. The molecule has 0 aliphatic carbocycles. The molecule has 0 radical (unpaired) electrons. The van der Waals surface area contributed by atoms with Crippen molar-refractivity contribution in [2.75, 3.05) is 5.75 Å². The Morgan fingerprint density at radius 3 is 2.24 bits per heavy atom. The van der Waals surface area contributed by atoms with Gasteiger partial charge in [-0.15, -0.1) is 34.4 Å². The van der Waals surface area contributed by atoms with E-state index in [9.17, 15) is 14.4 Å². The molecule has 46 heavy (non-hydrogen) atoms. The van der Waals surface area contributed by atoms with Crippen molar-refractivity contribution in [1.82, 2.24) is 10.2 Å². The van der Waals surface area contributed by atoms with E-state index in [0.717, 1.165) is 27.0 Å². The number of β-lactam (4-membered cyclic amide) rings is 1. The maximum atomic E-state index is 13.9. The van der Waals surface area contributed by atoms with Crippen molar-refractivity contribution < 1.29 is 14.3 Å². The van der Waals surface area contributed by atoms with Crippen LogP contribution < -0.4 is 10.7 Å². The number of ether oxygens (including phenoxy) is 1. The molecule has 7 rings (SSSR count). The van der Waals surface area contributed by atoms with Crippen LogP contribution in [0.25, 0.3) is 15.0 Å². The highest BCUT2D eigenvalue weighted by molar-refractivity contribution is 9.10. The summed E-state index contributed by atoms with van der Waals surface area (Å²) in [6, 6.07) is 30.3. The molecule has 2 aromatic heterocycles. The molecule has 2 amide bonds. The summed E-state index contributed by atoms with van der Waals surface area (Å²) in [5.41, 5.74) is 3.79. The van der Waals surface area contributed by atoms with Gasteiger partial charge in [-0.2, -0.15) is 0 Å². The summed E-state index contributed by atoms with van der Waals surface area (Å²) in [6.45, 7) is 0. The van der Waals surface area contributed by atoms with Gasteiger partial charge in [-0.05, 0) is 56.3 Å². The van der Waals surface area contributed by atoms with Crippen molar-refractivity contribution in [3.8, 4) is 0 Å². The highest BCUT2D eigenvalue weighted by Gasteiger charge is 2.54. The minimum absolute atomic E-state index is 0.100. The lowest BCUT2D eigenvalue weighted by molar-refractivity contribution is -0.145. The number of carbonyl (C=O) groups excluding carboxylic acids is 2. The highest BCUT2D eigenvalue weighted by Crippen LogP contribution is 2.47. The smallest absolute Gasteiger partial charge is 0.253 e. The lowest BCUT2D eigenvalue weighted by Gasteiger charge is -2.50. The second kappa shape index (κ2) is 13.2. The molecule has 0 saturated carbocycles. The second-order valence-electron chi connectivity index (χ2n) is 10.7. The van der Waals surface area contributed by atoms with Gasteiger partial charge in [0.2, 0.25) is 16.4 Å². The predicted octanol–water partition coefficient (Wildman–Crippen LogP) is 7.57. The molecule has 2 aliphatic heterocycles. The van der Waals surface area contributed by atoms with Crippen molar-refractivity contribution in [2.45, 2.75) is 23.9 Å². The Hall–Kier alpha value is -3.61. The fourth-order valence-corrected chi connectivity index (χ4v) is 10.3. The number of nitrogens with one attached hydrogen (secondary N) is 1. The van der Waals surface area contributed by atoms with E-state index in [-0.39, 0.29) is 34.1 Å². The van der Waals surface area contributed by atoms with Crippen molar-refractivity contribution in [3.05, 3.63) is 144 Å². The first-order chi connectivity index (χ1) is 22.4. The number of rotatable bonds is 8. The van der Waals surface area contributed by atoms with Gasteiger partial charge in [-0.1, -0.05) is 91.0 Å². The van der Waals surface area contributed by atoms with Crippen molar-refractivity contribution in [1.29, 1.82) is 0 Å². The van der Waals surface area contributed by atoms with Gasteiger partial charge in [0, 0.05) is 16.0 Å². The van der Waals surface area contributed by atoms with Crippen LogP contribution in [0.3, 0.4) is 0 Å². The van der Waals surface area contributed by atoms with Crippen LogP contribution in [0, 0.1) is 0 Å². The van der Waals surface area contributed by atoms with E-state index in [1.54, 1.807) is 4.90 Å². The first-order valence-corrected chi connectivity index (χ1v) is 18.4. The lowest BCUT2D eigenvalue weighted by Crippen LogP contribution is -2.70. The maximum absolute atomic E-state index is 13.9. The molecular weight excluding hydrogens is 721 g/mol. The first kappa shape index (κ1) is 31.0. The number of fused-ring (bicyclic) bond motifs is 2. The van der Waals surface area contributed by atoms with Crippen LogP contribution in [0.15, 0.2) is 117 Å². The van der Waals surface area contributed by atoms with Crippen LogP contribution in [-0.2, 0) is 20.7 Å². The van der Waals surface area contributed by atoms with Crippen molar-refractivity contribution in [2.24, 2.45) is 0 Å². The zero-order chi connectivity index (χ0) is 31.8. The predicted molar refractivity (Wildman–Crippen MR) is 194 cm³/mol. The summed E-state index contributed by atoms with van der Waals surface area (Å²) in [4.78, 5) is 42.6. The molecule has 1 fully saturated rings. The van der Waals surface area contributed by atoms with E-state index in [1.165, 1.54) is 34.4 Å². The molecule has 1 unspecified atom stereocenters. The van der Waals surface area contributed by atoms with Crippen LogP contribution in [-0.4, -0.2) is 38.9 Å². The number of thiocarbonyl (C=S) groups is 1. The minimum atomic E-state index is -0.707. The van der Waals surface area contributed by atoms with Crippen LogP contribution in [0.1, 0.15) is 27.7 Å². The molecule has 3 aromatic carbocycles. The Balaban J connectivity index is 1.27. The minimum Gasteiger partial charge on any atom is -0.469 e. The molecule has 230 valence electrons.